The molecule has 0 aliphatic carbocycles. The number of hydrogen-bond acceptors (Lipinski definition) is 6. The molecule has 0 radical (unpaired) electrons. The molecule has 0 saturated carbocycles. The van der Waals surface area contributed by atoms with Crippen LogP contribution in [0.25, 0.3) is 5.65 Å². The van der Waals surface area contributed by atoms with Crippen LogP contribution in [0.2, 0.25) is 0 Å². The molecule has 2 aromatic heterocycles. The molecular weight excluding hydrogens is 248 g/mol. The zero-order chi connectivity index (χ0) is 13.3. The highest BCUT2D eigenvalue weighted by molar-refractivity contribution is 5.49. The third-order valence-corrected chi connectivity index (χ3v) is 3.54. The van der Waals surface area contributed by atoms with Gasteiger partial charge in [0.15, 0.2) is 5.65 Å². The monoisotopic (exact) mass is 264 g/mol. The smallest absolute Gasteiger partial charge is 0.348 e. The van der Waals surface area contributed by atoms with Gasteiger partial charge in [0.05, 0.1) is 5.54 Å². The molecule has 1 saturated heterocycles. The number of nitrogens with two attached hydrogens (primary N) is 1. The predicted octanol–water partition coefficient (Wildman–Crippen LogP) is -0.663. The lowest BCUT2D eigenvalue weighted by Crippen LogP contribution is -2.49. The van der Waals surface area contributed by atoms with Crippen LogP contribution in [-0.2, 0) is 4.74 Å². The highest BCUT2D eigenvalue weighted by Gasteiger charge is 2.31. The van der Waals surface area contributed by atoms with Gasteiger partial charge in [-0.1, -0.05) is 0 Å². The van der Waals surface area contributed by atoms with Crippen LogP contribution in [0.5, 0.6) is 0 Å². The lowest BCUT2D eigenvalue weighted by atomic mass is 9.90. The van der Waals surface area contributed by atoms with Crippen LogP contribution in [0.15, 0.2) is 17.2 Å². The maximum Gasteiger partial charge on any atom is 0.348 e. The molecule has 1 fully saturated rings. The van der Waals surface area contributed by atoms with Gasteiger partial charge in [0.25, 0.3) is 0 Å². The number of nitrogens with one attached hydrogen (secondary N) is 2. The van der Waals surface area contributed by atoms with E-state index in [0.717, 1.165) is 12.8 Å². The summed E-state index contributed by atoms with van der Waals surface area (Å²) in [6.45, 7) is 1.89. The summed E-state index contributed by atoms with van der Waals surface area (Å²) < 4.78 is 6.71. The van der Waals surface area contributed by atoms with Crippen molar-refractivity contribution in [1.82, 2.24) is 19.6 Å². The number of aromatic amines is 1. The van der Waals surface area contributed by atoms with Crippen molar-refractivity contribution in [3.8, 4) is 0 Å². The first-order chi connectivity index (χ1) is 9.22. The van der Waals surface area contributed by atoms with Crippen LogP contribution < -0.4 is 16.7 Å². The van der Waals surface area contributed by atoms with E-state index >= 15 is 0 Å². The van der Waals surface area contributed by atoms with E-state index < -0.39 is 0 Å². The van der Waals surface area contributed by atoms with Gasteiger partial charge in [-0.25, -0.2) is 19.3 Å². The second kappa shape index (κ2) is 4.63. The van der Waals surface area contributed by atoms with Crippen molar-refractivity contribution < 1.29 is 4.74 Å². The minimum Gasteiger partial charge on any atom is -0.381 e. The molecule has 2 aromatic rings. The van der Waals surface area contributed by atoms with Gasteiger partial charge in [0.1, 0.15) is 12.1 Å². The third kappa shape index (κ3) is 2.20. The molecule has 0 atom stereocenters. The predicted molar refractivity (Wildman–Crippen MR) is 69.1 cm³/mol. The first-order valence-electron chi connectivity index (χ1n) is 6.21. The van der Waals surface area contributed by atoms with E-state index in [0.29, 0.717) is 31.2 Å². The van der Waals surface area contributed by atoms with Crippen LogP contribution in [0.4, 0.5) is 5.82 Å². The molecule has 8 nitrogen and oxygen atoms in total. The summed E-state index contributed by atoms with van der Waals surface area (Å²) in [6.07, 6.45) is 3.13. The van der Waals surface area contributed by atoms with E-state index in [4.69, 9.17) is 10.5 Å². The molecule has 0 amide bonds. The SMILES string of the molecule is NCC1(Nc2cc3n[nH]c(=O)n3cn2)CCOCC1. The number of fused-ring (bicyclic) bond motifs is 1. The van der Waals surface area contributed by atoms with E-state index in [2.05, 4.69) is 20.5 Å². The normalized spacial score (nSPS) is 18.6. The molecule has 0 bridgehead atoms. The Kier molecular flexibility index (Phi) is 2.96. The van der Waals surface area contributed by atoms with Crippen LogP contribution in [0, 0.1) is 0 Å². The zero-order valence-electron chi connectivity index (χ0n) is 10.4. The fourth-order valence-corrected chi connectivity index (χ4v) is 2.29. The van der Waals surface area contributed by atoms with Gasteiger partial charge >= 0.3 is 5.69 Å². The Morgan fingerprint density at radius 3 is 3.05 bits per heavy atom. The number of aromatic nitrogens is 4. The molecular formula is C11H16N6O2. The molecule has 1 aliphatic rings. The fourth-order valence-electron chi connectivity index (χ4n) is 2.29. The highest BCUT2D eigenvalue weighted by atomic mass is 16.5. The number of anilines is 1. The van der Waals surface area contributed by atoms with Gasteiger partial charge < -0.3 is 15.8 Å². The number of ether oxygens (including phenoxy) is 1. The van der Waals surface area contributed by atoms with Crippen molar-refractivity contribution in [3.63, 3.8) is 0 Å². The molecule has 0 aromatic carbocycles. The van der Waals surface area contributed by atoms with Gasteiger partial charge in [0, 0.05) is 25.8 Å². The average Bonchev–Trinajstić information content (AvgIpc) is 2.81. The first-order valence-corrected chi connectivity index (χ1v) is 6.21. The third-order valence-electron chi connectivity index (χ3n) is 3.54. The zero-order valence-corrected chi connectivity index (χ0v) is 10.4. The molecule has 0 unspecified atom stereocenters. The number of nitrogens with zero attached hydrogens (tertiary/aromatic N) is 3. The van der Waals surface area contributed by atoms with Gasteiger partial charge in [-0.05, 0) is 12.8 Å². The van der Waals surface area contributed by atoms with Crippen molar-refractivity contribution in [2.75, 3.05) is 25.1 Å². The quantitative estimate of drug-likeness (QED) is 0.678. The lowest BCUT2D eigenvalue weighted by molar-refractivity contribution is 0.0627. The molecule has 1 aliphatic heterocycles. The second-order valence-corrected chi connectivity index (χ2v) is 4.75. The largest absolute Gasteiger partial charge is 0.381 e. The Morgan fingerprint density at radius 1 is 1.53 bits per heavy atom. The van der Waals surface area contributed by atoms with Crippen molar-refractivity contribution in [2.24, 2.45) is 5.73 Å². The minimum atomic E-state index is -0.298. The maximum atomic E-state index is 11.3. The highest BCUT2D eigenvalue weighted by Crippen LogP contribution is 2.24. The number of H-pyrrole nitrogens is 1. The standard InChI is InChI=1S/C11H16N6O2/c12-6-11(1-3-19-4-2-11)14-8-5-9-15-16-10(18)17(9)7-13-8/h5,7,14H,1-4,6,12H2,(H,16,18). The van der Waals surface area contributed by atoms with E-state index in [-0.39, 0.29) is 11.2 Å². The first kappa shape index (κ1) is 12.1. The Labute approximate surface area is 109 Å². The van der Waals surface area contributed by atoms with Crippen LogP contribution in [-0.4, -0.2) is 44.9 Å². The van der Waals surface area contributed by atoms with E-state index in [9.17, 15) is 4.79 Å². The van der Waals surface area contributed by atoms with Gasteiger partial charge in [0.2, 0.25) is 0 Å². The van der Waals surface area contributed by atoms with Gasteiger partial charge in [-0.2, -0.15) is 5.10 Å². The summed E-state index contributed by atoms with van der Waals surface area (Å²) in [5, 5.41) is 9.65. The summed E-state index contributed by atoms with van der Waals surface area (Å²) in [5.74, 6) is 0.666. The Balaban J connectivity index is 1.89. The minimum absolute atomic E-state index is 0.194. The molecule has 3 heterocycles. The summed E-state index contributed by atoms with van der Waals surface area (Å²) in [4.78, 5) is 15.6. The Morgan fingerprint density at radius 2 is 2.32 bits per heavy atom. The van der Waals surface area contributed by atoms with Gasteiger partial charge in [-0.15, -0.1) is 0 Å². The summed E-state index contributed by atoms with van der Waals surface area (Å²) >= 11 is 0. The van der Waals surface area contributed by atoms with Crippen LogP contribution >= 0.6 is 0 Å². The van der Waals surface area contributed by atoms with E-state index in [1.807, 2.05) is 0 Å². The molecule has 102 valence electrons. The molecule has 19 heavy (non-hydrogen) atoms. The summed E-state index contributed by atoms with van der Waals surface area (Å²) in [7, 11) is 0. The van der Waals surface area contributed by atoms with E-state index in [1.54, 1.807) is 6.07 Å². The molecule has 0 spiro atoms. The van der Waals surface area contributed by atoms with Crippen molar-refractivity contribution in [2.45, 2.75) is 18.4 Å². The van der Waals surface area contributed by atoms with Crippen molar-refractivity contribution in [3.05, 3.63) is 22.9 Å². The summed E-state index contributed by atoms with van der Waals surface area (Å²) in [5.41, 5.74) is 5.92. The Bertz CT molecular complexity index is 627. The second-order valence-electron chi connectivity index (χ2n) is 4.75. The van der Waals surface area contributed by atoms with Crippen molar-refractivity contribution >= 4 is 11.5 Å². The Hall–Kier alpha value is -1.93. The van der Waals surface area contributed by atoms with Gasteiger partial charge in [-0.3, -0.25) is 0 Å². The van der Waals surface area contributed by atoms with Crippen LogP contribution in [0.1, 0.15) is 12.8 Å². The molecule has 4 N–H and O–H groups in total. The van der Waals surface area contributed by atoms with Crippen LogP contribution in [0.3, 0.4) is 0 Å². The fraction of sp³-hybridized carbons (Fsp3) is 0.545. The summed E-state index contributed by atoms with van der Waals surface area (Å²) in [6, 6.07) is 1.73. The number of rotatable bonds is 3. The maximum absolute atomic E-state index is 11.3. The number of hydrogen-bond donors (Lipinski definition) is 3. The molecule has 8 heteroatoms. The molecule has 3 rings (SSSR count). The lowest BCUT2D eigenvalue weighted by Gasteiger charge is -2.37. The average molecular weight is 264 g/mol. The topological polar surface area (TPSA) is 110 Å². The van der Waals surface area contributed by atoms with Crippen molar-refractivity contribution in [1.29, 1.82) is 0 Å². The van der Waals surface area contributed by atoms with E-state index in [1.165, 1.54) is 10.7 Å².